The van der Waals surface area contributed by atoms with Crippen molar-refractivity contribution in [1.29, 1.82) is 0 Å². The van der Waals surface area contributed by atoms with Crippen molar-refractivity contribution in [1.82, 2.24) is 0 Å². The highest BCUT2D eigenvalue weighted by Gasteiger charge is 2.24. The molecule has 4 heteroatoms. The van der Waals surface area contributed by atoms with Gasteiger partial charge in [0.25, 0.3) is 0 Å². The number of benzene rings is 1. The lowest BCUT2D eigenvalue weighted by Crippen LogP contribution is -2.35. The number of nitrogen functional groups attached to an aromatic ring is 1. The van der Waals surface area contributed by atoms with Crippen molar-refractivity contribution in [3.8, 4) is 0 Å². The van der Waals surface area contributed by atoms with E-state index in [2.05, 4.69) is 0 Å². The minimum Gasteiger partial charge on any atom is -0.399 e. The number of amides is 1. The number of nitrogens with zero attached hydrogens (tertiary/aromatic N) is 1. The zero-order valence-electron chi connectivity index (χ0n) is 10.1. The number of hydrogen-bond acceptors (Lipinski definition) is 3. The van der Waals surface area contributed by atoms with Crippen LogP contribution in [0.4, 0.5) is 11.4 Å². The molecule has 1 aromatic carbocycles. The van der Waals surface area contributed by atoms with Gasteiger partial charge in [0, 0.05) is 37.6 Å². The molecule has 4 nitrogen and oxygen atoms in total. The highest BCUT2D eigenvalue weighted by atomic mass is 16.5. The van der Waals surface area contributed by atoms with Gasteiger partial charge in [-0.05, 0) is 37.1 Å². The molecule has 1 amide bonds. The van der Waals surface area contributed by atoms with Gasteiger partial charge >= 0.3 is 0 Å². The smallest absolute Gasteiger partial charge is 0.230 e. The highest BCUT2D eigenvalue weighted by Crippen LogP contribution is 2.21. The standard InChI is InChI=1S/C13H18N2O2/c1-15(12-4-2-11(14)3-5-12)13(16)10-6-8-17-9-7-10/h2-5,10H,6-9,14H2,1H3. The predicted molar refractivity (Wildman–Crippen MR) is 67.8 cm³/mol. The Morgan fingerprint density at radius 3 is 2.47 bits per heavy atom. The lowest BCUT2D eigenvalue weighted by atomic mass is 9.98. The van der Waals surface area contributed by atoms with Gasteiger partial charge in [-0.2, -0.15) is 0 Å². The molecule has 0 bridgehead atoms. The van der Waals surface area contributed by atoms with Crippen molar-refractivity contribution in [2.75, 3.05) is 30.9 Å². The zero-order valence-corrected chi connectivity index (χ0v) is 10.1. The minimum atomic E-state index is 0.0892. The van der Waals surface area contributed by atoms with E-state index in [4.69, 9.17) is 10.5 Å². The van der Waals surface area contributed by atoms with E-state index in [1.54, 1.807) is 4.90 Å². The van der Waals surface area contributed by atoms with Gasteiger partial charge in [0.05, 0.1) is 0 Å². The molecule has 0 aromatic heterocycles. The van der Waals surface area contributed by atoms with Crippen LogP contribution in [-0.4, -0.2) is 26.2 Å². The topological polar surface area (TPSA) is 55.6 Å². The molecule has 0 saturated carbocycles. The van der Waals surface area contributed by atoms with Gasteiger partial charge in [0.1, 0.15) is 0 Å². The van der Waals surface area contributed by atoms with Crippen LogP contribution in [0, 0.1) is 5.92 Å². The predicted octanol–water partition coefficient (Wildman–Crippen LogP) is 1.66. The average Bonchev–Trinajstić information content (AvgIpc) is 2.39. The molecule has 0 unspecified atom stereocenters. The maximum atomic E-state index is 12.2. The van der Waals surface area contributed by atoms with Gasteiger partial charge in [-0.25, -0.2) is 0 Å². The summed E-state index contributed by atoms with van der Waals surface area (Å²) in [7, 11) is 1.81. The van der Waals surface area contributed by atoms with Crippen LogP contribution in [0.15, 0.2) is 24.3 Å². The molecule has 0 atom stereocenters. The van der Waals surface area contributed by atoms with Crippen molar-refractivity contribution >= 4 is 17.3 Å². The van der Waals surface area contributed by atoms with Gasteiger partial charge in [-0.3, -0.25) is 4.79 Å². The monoisotopic (exact) mass is 234 g/mol. The van der Waals surface area contributed by atoms with Crippen LogP contribution in [0.25, 0.3) is 0 Å². The van der Waals surface area contributed by atoms with E-state index in [1.807, 2.05) is 31.3 Å². The third-order valence-electron chi connectivity index (χ3n) is 3.18. The molecule has 92 valence electrons. The van der Waals surface area contributed by atoms with Crippen molar-refractivity contribution in [2.45, 2.75) is 12.8 Å². The van der Waals surface area contributed by atoms with Gasteiger partial charge in [0.15, 0.2) is 0 Å². The fourth-order valence-corrected chi connectivity index (χ4v) is 2.04. The third kappa shape index (κ3) is 2.77. The minimum absolute atomic E-state index is 0.0892. The molecule has 2 rings (SSSR count). The quantitative estimate of drug-likeness (QED) is 0.792. The molecule has 0 aliphatic carbocycles. The number of hydrogen-bond donors (Lipinski definition) is 1. The third-order valence-corrected chi connectivity index (χ3v) is 3.18. The van der Waals surface area contributed by atoms with Crippen LogP contribution in [0.5, 0.6) is 0 Å². The Hall–Kier alpha value is -1.55. The molecule has 1 aromatic rings. The van der Waals surface area contributed by atoms with Crippen molar-refractivity contribution in [3.63, 3.8) is 0 Å². The first kappa shape index (κ1) is 11.9. The normalized spacial score (nSPS) is 16.8. The van der Waals surface area contributed by atoms with E-state index >= 15 is 0 Å². The Balaban J connectivity index is 2.05. The summed E-state index contributed by atoms with van der Waals surface area (Å²) in [5.74, 6) is 0.254. The summed E-state index contributed by atoms with van der Waals surface area (Å²) in [6, 6.07) is 7.35. The first-order chi connectivity index (χ1) is 8.18. The van der Waals surface area contributed by atoms with E-state index in [0.717, 1.165) is 18.5 Å². The first-order valence-electron chi connectivity index (χ1n) is 5.89. The van der Waals surface area contributed by atoms with E-state index in [9.17, 15) is 4.79 Å². The lowest BCUT2D eigenvalue weighted by molar-refractivity contribution is -0.124. The summed E-state index contributed by atoms with van der Waals surface area (Å²) < 4.78 is 5.26. The summed E-state index contributed by atoms with van der Waals surface area (Å²) in [5.41, 5.74) is 7.22. The van der Waals surface area contributed by atoms with E-state index in [1.165, 1.54) is 0 Å². The molecule has 0 spiro atoms. The van der Waals surface area contributed by atoms with Crippen LogP contribution in [-0.2, 0) is 9.53 Å². The lowest BCUT2D eigenvalue weighted by Gasteiger charge is -2.26. The maximum absolute atomic E-state index is 12.2. The fraction of sp³-hybridized carbons (Fsp3) is 0.462. The second-order valence-electron chi connectivity index (χ2n) is 4.38. The summed E-state index contributed by atoms with van der Waals surface area (Å²) in [6.07, 6.45) is 1.64. The van der Waals surface area contributed by atoms with Crippen LogP contribution in [0.3, 0.4) is 0 Å². The summed E-state index contributed by atoms with van der Waals surface area (Å²) in [4.78, 5) is 13.9. The molecular weight excluding hydrogens is 216 g/mol. The number of anilines is 2. The maximum Gasteiger partial charge on any atom is 0.230 e. The zero-order chi connectivity index (χ0) is 12.3. The molecule has 1 aliphatic rings. The molecular formula is C13H18N2O2. The van der Waals surface area contributed by atoms with Gasteiger partial charge < -0.3 is 15.4 Å². The Morgan fingerprint density at radius 2 is 1.88 bits per heavy atom. The van der Waals surface area contributed by atoms with Gasteiger partial charge in [-0.15, -0.1) is 0 Å². The SMILES string of the molecule is CN(C(=O)C1CCOCC1)c1ccc(N)cc1. The van der Waals surface area contributed by atoms with Gasteiger partial charge in [-0.1, -0.05) is 0 Å². The molecule has 1 saturated heterocycles. The second-order valence-corrected chi connectivity index (χ2v) is 4.38. The second kappa shape index (κ2) is 5.19. The molecule has 1 heterocycles. The van der Waals surface area contributed by atoms with Crippen LogP contribution < -0.4 is 10.6 Å². The van der Waals surface area contributed by atoms with E-state index < -0.39 is 0 Å². The first-order valence-corrected chi connectivity index (χ1v) is 5.89. The number of nitrogens with two attached hydrogens (primary N) is 1. The number of ether oxygens (including phenoxy) is 1. The molecule has 2 N–H and O–H groups in total. The highest BCUT2D eigenvalue weighted by molar-refractivity contribution is 5.94. The fourth-order valence-electron chi connectivity index (χ4n) is 2.04. The van der Waals surface area contributed by atoms with Crippen LogP contribution >= 0.6 is 0 Å². The number of rotatable bonds is 2. The Morgan fingerprint density at radius 1 is 1.29 bits per heavy atom. The summed E-state index contributed by atoms with van der Waals surface area (Å²) in [5, 5.41) is 0. The largest absolute Gasteiger partial charge is 0.399 e. The number of carbonyl (C=O) groups excluding carboxylic acids is 1. The average molecular weight is 234 g/mol. The van der Waals surface area contributed by atoms with Crippen molar-refractivity contribution < 1.29 is 9.53 Å². The Labute approximate surface area is 101 Å². The summed E-state index contributed by atoms with van der Waals surface area (Å²) in [6.45, 7) is 1.37. The molecule has 1 aliphatic heterocycles. The van der Waals surface area contributed by atoms with E-state index in [-0.39, 0.29) is 11.8 Å². The molecule has 1 fully saturated rings. The summed E-state index contributed by atoms with van der Waals surface area (Å²) >= 11 is 0. The van der Waals surface area contributed by atoms with Crippen LogP contribution in [0.2, 0.25) is 0 Å². The van der Waals surface area contributed by atoms with Crippen molar-refractivity contribution in [3.05, 3.63) is 24.3 Å². The number of carbonyl (C=O) groups is 1. The van der Waals surface area contributed by atoms with Crippen LogP contribution in [0.1, 0.15) is 12.8 Å². The van der Waals surface area contributed by atoms with Gasteiger partial charge in [0.2, 0.25) is 5.91 Å². The van der Waals surface area contributed by atoms with Crippen molar-refractivity contribution in [2.24, 2.45) is 5.92 Å². The molecule has 0 radical (unpaired) electrons. The van der Waals surface area contributed by atoms with E-state index in [0.29, 0.717) is 18.9 Å². The Kier molecular flexibility index (Phi) is 3.64. The molecule has 17 heavy (non-hydrogen) atoms. The Bertz CT molecular complexity index is 383.